The number of hydrogen-bond acceptors (Lipinski definition) is 4. The molecule has 2 aromatic carbocycles. The van der Waals surface area contributed by atoms with Crippen molar-refractivity contribution >= 4 is 26.7 Å². The second kappa shape index (κ2) is 7.32. The van der Waals surface area contributed by atoms with Crippen molar-refractivity contribution in [3.8, 4) is 0 Å². The number of rotatable bonds is 4. The van der Waals surface area contributed by atoms with E-state index in [2.05, 4.69) is 64.4 Å². The van der Waals surface area contributed by atoms with Crippen LogP contribution >= 0.6 is 11.3 Å². The molecule has 0 bridgehead atoms. The minimum Gasteiger partial charge on any atom is -0.347 e. The van der Waals surface area contributed by atoms with E-state index in [-0.39, 0.29) is 0 Å². The molecule has 0 saturated carbocycles. The van der Waals surface area contributed by atoms with Gasteiger partial charge < -0.3 is 9.80 Å². The lowest BCUT2D eigenvalue weighted by molar-refractivity contribution is 0.297. The van der Waals surface area contributed by atoms with Gasteiger partial charge in [0, 0.05) is 26.2 Å². The van der Waals surface area contributed by atoms with Gasteiger partial charge in [0.1, 0.15) is 0 Å². The molecule has 0 radical (unpaired) electrons. The predicted molar refractivity (Wildman–Crippen MR) is 103 cm³/mol. The fraction of sp³-hybridized carbons (Fsp3) is 0.350. The summed E-state index contributed by atoms with van der Waals surface area (Å²) in [6.07, 6.45) is 2.35. The van der Waals surface area contributed by atoms with Crippen molar-refractivity contribution in [2.24, 2.45) is 0 Å². The zero-order chi connectivity index (χ0) is 16.2. The number of thiazole rings is 1. The third-order valence-corrected chi connectivity index (χ3v) is 5.80. The zero-order valence-electron chi connectivity index (χ0n) is 13.9. The number of nitrogens with zero attached hydrogens (tertiary/aromatic N) is 3. The van der Waals surface area contributed by atoms with Crippen LogP contribution in [0.5, 0.6) is 0 Å². The highest BCUT2D eigenvalue weighted by atomic mass is 32.1. The summed E-state index contributed by atoms with van der Waals surface area (Å²) in [6, 6.07) is 19.2. The molecule has 0 unspecified atom stereocenters. The third kappa shape index (κ3) is 3.60. The Morgan fingerprint density at radius 2 is 1.71 bits per heavy atom. The smallest absolute Gasteiger partial charge is 0.186 e. The first kappa shape index (κ1) is 15.6. The van der Waals surface area contributed by atoms with E-state index < -0.39 is 0 Å². The molecule has 4 heteroatoms. The molecule has 0 aliphatic carbocycles. The van der Waals surface area contributed by atoms with E-state index in [0.717, 1.165) is 38.1 Å². The maximum atomic E-state index is 4.82. The average Bonchev–Trinajstić information content (AvgIpc) is 2.92. The normalized spacial score (nSPS) is 16.4. The van der Waals surface area contributed by atoms with Gasteiger partial charge in [0.25, 0.3) is 0 Å². The lowest BCUT2D eigenvalue weighted by Crippen LogP contribution is -2.32. The number of hydrogen-bond donors (Lipinski definition) is 0. The highest BCUT2D eigenvalue weighted by Gasteiger charge is 2.17. The summed E-state index contributed by atoms with van der Waals surface area (Å²) in [5.74, 6) is 0. The molecule has 1 aliphatic heterocycles. The van der Waals surface area contributed by atoms with Gasteiger partial charge in [0.2, 0.25) is 0 Å². The Kier molecular flexibility index (Phi) is 4.76. The first-order valence-electron chi connectivity index (χ1n) is 8.75. The zero-order valence-corrected chi connectivity index (χ0v) is 14.7. The fourth-order valence-corrected chi connectivity index (χ4v) is 4.33. The molecule has 4 rings (SSSR count). The van der Waals surface area contributed by atoms with Gasteiger partial charge in [-0.2, -0.15) is 0 Å². The SMILES string of the molecule is c1ccc(CCN2CCCN(c3nc4ccccc4s3)CC2)cc1. The van der Waals surface area contributed by atoms with Gasteiger partial charge in [-0.25, -0.2) is 4.98 Å². The van der Waals surface area contributed by atoms with E-state index in [1.165, 1.54) is 28.4 Å². The summed E-state index contributed by atoms with van der Waals surface area (Å²) in [7, 11) is 0. The summed E-state index contributed by atoms with van der Waals surface area (Å²) >= 11 is 1.82. The summed E-state index contributed by atoms with van der Waals surface area (Å²) < 4.78 is 1.29. The topological polar surface area (TPSA) is 19.4 Å². The van der Waals surface area contributed by atoms with E-state index >= 15 is 0 Å². The molecule has 1 saturated heterocycles. The van der Waals surface area contributed by atoms with Crippen molar-refractivity contribution in [3.05, 3.63) is 60.2 Å². The van der Waals surface area contributed by atoms with Crippen LogP contribution in [0.1, 0.15) is 12.0 Å². The van der Waals surface area contributed by atoms with Crippen molar-refractivity contribution in [2.45, 2.75) is 12.8 Å². The van der Waals surface area contributed by atoms with E-state index in [0.29, 0.717) is 0 Å². The Bertz CT molecular complexity index is 751. The molecule has 24 heavy (non-hydrogen) atoms. The van der Waals surface area contributed by atoms with E-state index in [9.17, 15) is 0 Å². The molecule has 2 heterocycles. The lowest BCUT2D eigenvalue weighted by atomic mass is 10.1. The molecule has 0 amide bonds. The second-order valence-corrected chi connectivity index (χ2v) is 7.39. The van der Waals surface area contributed by atoms with Gasteiger partial charge in [-0.05, 0) is 37.1 Å². The molecule has 0 atom stereocenters. The van der Waals surface area contributed by atoms with Crippen LogP contribution in [0.2, 0.25) is 0 Å². The molecule has 1 fully saturated rings. The minimum atomic E-state index is 1.08. The minimum absolute atomic E-state index is 1.08. The summed E-state index contributed by atoms with van der Waals surface area (Å²) in [6.45, 7) is 5.66. The Hall–Kier alpha value is -1.91. The Balaban J connectivity index is 1.37. The number of anilines is 1. The first-order valence-corrected chi connectivity index (χ1v) is 9.57. The van der Waals surface area contributed by atoms with Crippen LogP contribution in [0.15, 0.2) is 54.6 Å². The summed E-state index contributed by atoms with van der Waals surface area (Å²) in [5, 5.41) is 1.18. The lowest BCUT2D eigenvalue weighted by Gasteiger charge is -2.21. The predicted octanol–water partition coefficient (Wildman–Crippen LogP) is 4.05. The first-order chi connectivity index (χ1) is 11.9. The van der Waals surface area contributed by atoms with E-state index in [1.54, 1.807) is 0 Å². The molecule has 0 spiro atoms. The van der Waals surface area contributed by atoms with Gasteiger partial charge in [-0.15, -0.1) is 0 Å². The second-order valence-electron chi connectivity index (χ2n) is 6.38. The van der Waals surface area contributed by atoms with Crippen molar-refractivity contribution in [1.29, 1.82) is 0 Å². The van der Waals surface area contributed by atoms with Crippen LogP contribution in [0.3, 0.4) is 0 Å². The van der Waals surface area contributed by atoms with Crippen molar-refractivity contribution in [1.82, 2.24) is 9.88 Å². The fourth-order valence-electron chi connectivity index (χ4n) is 3.31. The van der Waals surface area contributed by atoms with E-state index in [4.69, 9.17) is 4.98 Å². The quantitative estimate of drug-likeness (QED) is 0.716. The van der Waals surface area contributed by atoms with Crippen LogP contribution in [-0.4, -0.2) is 42.6 Å². The Morgan fingerprint density at radius 3 is 2.58 bits per heavy atom. The number of para-hydroxylation sites is 1. The molecule has 1 aromatic heterocycles. The monoisotopic (exact) mass is 337 g/mol. The average molecular weight is 337 g/mol. The molecule has 0 N–H and O–H groups in total. The van der Waals surface area contributed by atoms with Crippen LogP contribution in [-0.2, 0) is 6.42 Å². The summed E-state index contributed by atoms with van der Waals surface area (Å²) in [4.78, 5) is 9.89. The Morgan fingerprint density at radius 1 is 0.875 bits per heavy atom. The van der Waals surface area contributed by atoms with Crippen LogP contribution < -0.4 is 4.90 Å². The van der Waals surface area contributed by atoms with Crippen LogP contribution in [0.4, 0.5) is 5.13 Å². The van der Waals surface area contributed by atoms with Gasteiger partial charge in [-0.1, -0.05) is 53.8 Å². The standard InChI is InChI=1S/C20H23N3S/c1-2-7-17(8-3-1)11-14-22-12-6-13-23(16-15-22)20-21-18-9-4-5-10-19(18)24-20/h1-5,7-10H,6,11-16H2. The maximum Gasteiger partial charge on any atom is 0.186 e. The van der Waals surface area contributed by atoms with Crippen LogP contribution in [0.25, 0.3) is 10.2 Å². The molecule has 1 aliphatic rings. The highest BCUT2D eigenvalue weighted by molar-refractivity contribution is 7.22. The van der Waals surface area contributed by atoms with Gasteiger partial charge in [-0.3, -0.25) is 0 Å². The van der Waals surface area contributed by atoms with Crippen molar-refractivity contribution in [2.75, 3.05) is 37.6 Å². The van der Waals surface area contributed by atoms with Gasteiger partial charge >= 0.3 is 0 Å². The Labute approximate surface area is 147 Å². The maximum absolute atomic E-state index is 4.82. The van der Waals surface area contributed by atoms with E-state index in [1.807, 2.05) is 11.3 Å². The molecule has 124 valence electrons. The molecule has 3 aromatic rings. The number of fused-ring (bicyclic) bond motifs is 1. The number of aromatic nitrogens is 1. The van der Waals surface area contributed by atoms with Gasteiger partial charge in [0.15, 0.2) is 5.13 Å². The van der Waals surface area contributed by atoms with Crippen molar-refractivity contribution in [3.63, 3.8) is 0 Å². The molecular weight excluding hydrogens is 314 g/mol. The molecule has 3 nitrogen and oxygen atoms in total. The summed E-state index contributed by atoms with van der Waals surface area (Å²) in [5.41, 5.74) is 2.56. The highest BCUT2D eigenvalue weighted by Crippen LogP contribution is 2.29. The third-order valence-electron chi connectivity index (χ3n) is 4.70. The molecular formula is C20H23N3S. The van der Waals surface area contributed by atoms with Crippen molar-refractivity contribution < 1.29 is 0 Å². The largest absolute Gasteiger partial charge is 0.347 e. The van der Waals surface area contributed by atoms with Gasteiger partial charge in [0.05, 0.1) is 10.2 Å². The van der Waals surface area contributed by atoms with Crippen LogP contribution in [0, 0.1) is 0 Å². The number of benzene rings is 2.